The third-order valence-electron chi connectivity index (χ3n) is 5.01. The van der Waals surface area contributed by atoms with Crippen molar-refractivity contribution in [2.45, 2.75) is 31.5 Å². The number of hydrogen-bond donors (Lipinski definition) is 2. The molecule has 126 valence electrons. The highest BCUT2D eigenvalue weighted by atomic mass is 16.5. The molecule has 0 aliphatic carbocycles. The molecule has 0 radical (unpaired) electrons. The van der Waals surface area contributed by atoms with Crippen molar-refractivity contribution in [2.75, 3.05) is 17.6 Å². The van der Waals surface area contributed by atoms with Gasteiger partial charge < -0.3 is 15.8 Å². The van der Waals surface area contributed by atoms with Gasteiger partial charge in [0.2, 0.25) is 17.7 Å². The van der Waals surface area contributed by atoms with Crippen LogP contribution < -0.4 is 11.1 Å². The molecule has 3 aliphatic heterocycles. The van der Waals surface area contributed by atoms with Crippen LogP contribution in [0.3, 0.4) is 0 Å². The molecule has 1 aromatic rings. The third-order valence-corrected chi connectivity index (χ3v) is 5.01. The lowest BCUT2D eigenvalue weighted by Gasteiger charge is -2.17. The first-order chi connectivity index (χ1) is 11.5. The minimum atomic E-state index is -0.347. The summed E-state index contributed by atoms with van der Waals surface area (Å²) in [4.78, 5) is 42.1. The van der Waals surface area contributed by atoms with E-state index < -0.39 is 0 Å². The highest BCUT2D eigenvalue weighted by Gasteiger charge is 2.62. The van der Waals surface area contributed by atoms with Gasteiger partial charge in [-0.05, 0) is 25.0 Å². The minimum absolute atomic E-state index is 0.0531. The highest BCUT2D eigenvalue weighted by Crippen LogP contribution is 2.48. The number of likely N-dealkylation sites (tertiary alicyclic amines) is 1. The van der Waals surface area contributed by atoms with E-state index in [0.717, 1.165) is 12.8 Å². The van der Waals surface area contributed by atoms with E-state index in [1.54, 1.807) is 12.1 Å². The maximum absolute atomic E-state index is 12.5. The Balaban J connectivity index is 1.36. The summed E-state index contributed by atoms with van der Waals surface area (Å²) in [6.07, 6.45) is 2.93. The lowest BCUT2D eigenvalue weighted by molar-refractivity contribution is -0.142. The van der Waals surface area contributed by atoms with Crippen LogP contribution in [0.4, 0.5) is 11.5 Å². The van der Waals surface area contributed by atoms with Gasteiger partial charge in [-0.3, -0.25) is 19.3 Å². The average Bonchev–Trinajstić information content (AvgIpc) is 3.23. The van der Waals surface area contributed by atoms with Crippen molar-refractivity contribution in [1.82, 2.24) is 9.88 Å². The number of fused-ring (bicyclic) bond motifs is 5. The van der Waals surface area contributed by atoms with Crippen molar-refractivity contribution in [3.8, 4) is 0 Å². The number of carbonyl (C=O) groups excluding carboxylic acids is 3. The smallest absolute Gasteiger partial charge is 0.235 e. The summed E-state index contributed by atoms with van der Waals surface area (Å²) in [6, 6.07) is 3.23. The first-order valence-corrected chi connectivity index (χ1v) is 8.06. The largest absolute Gasteiger partial charge is 0.384 e. The molecule has 0 spiro atoms. The number of nitrogen functional groups attached to an aromatic ring is 1. The monoisotopic (exact) mass is 330 g/mol. The van der Waals surface area contributed by atoms with E-state index in [9.17, 15) is 14.4 Å². The Kier molecular flexibility index (Phi) is 3.49. The number of hydrogen-bond acceptors (Lipinski definition) is 6. The van der Waals surface area contributed by atoms with Crippen LogP contribution in [0.5, 0.6) is 0 Å². The molecule has 4 rings (SSSR count). The summed E-state index contributed by atoms with van der Waals surface area (Å²) in [5.41, 5.74) is 6.01. The van der Waals surface area contributed by atoms with E-state index in [-0.39, 0.29) is 54.7 Å². The average molecular weight is 330 g/mol. The van der Waals surface area contributed by atoms with Crippen molar-refractivity contribution < 1.29 is 19.1 Å². The molecule has 3 N–H and O–H groups in total. The predicted molar refractivity (Wildman–Crippen MR) is 83.5 cm³/mol. The van der Waals surface area contributed by atoms with Crippen molar-refractivity contribution in [2.24, 2.45) is 11.8 Å². The fourth-order valence-electron chi connectivity index (χ4n) is 3.91. The molecule has 0 saturated carbocycles. The number of nitrogens with zero attached hydrogens (tertiary/aromatic N) is 2. The number of anilines is 2. The van der Waals surface area contributed by atoms with Gasteiger partial charge in [0, 0.05) is 13.0 Å². The van der Waals surface area contributed by atoms with Gasteiger partial charge in [-0.15, -0.1) is 0 Å². The van der Waals surface area contributed by atoms with Gasteiger partial charge in [-0.25, -0.2) is 4.98 Å². The Hall–Kier alpha value is -2.48. The first-order valence-electron chi connectivity index (χ1n) is 8.06. The maximum atomic E-state index is 12.5. The Morgan fingerprint density at radius 3 is 2.50 bits per heavy atom. The summed E-state index contributed by atoms with van der Waals surface area (Å²) >= 11 is 0. The van der Waals surface area contributed by atoms with Crippen LogP contribution in [0.1, 0.15) is 19.3 Å². The van der Waals surface area contributed by atoms with E-state index >= 15 is 0 Å². The van der Waals surface area contributed by atoms with Gasteiger partial charge in [0.15, 0.2) is 0 Å². The zero-order valence-corrected chi connectivity index (χ0v) is 13.0. The van der Waals surface area contributed by atoms with Crippen LogP contribution >= 0.6 is 0 Å². The van der Waals surface area contributed by atoms with Gasteiger partial charge >= 0.3 is 0 Å². The molecule has 1 aromatic heterocycles. The van der Waals surface area contributed by atoms with Gasteiger partial charge in [0.05, 0.1) is 35.9 Å². The number of nitrogens with two attached hydrogens (primary N) is 1. The highest BCUT2D eigenvalue weighted by molar-refractivity contribution is 6.06. The van der Waals surface area contributed by atoms with Crippen molar-refractivity contribution in [3.05, 3.63) is 18.3 Å². The molecule has 4 heterocycles. The Morgan fingerprint density at radius 2 is 1.92 bits per heavy atom. The molecular formula is C16H18N4O4. The number of pyridine rings is 1. The van der Waals surface area contributed by atoms with E-state index in [1.807, 2.05) is 0 Å². The predicted octanol–water partition coefficient (Wildman–Crippen LogP) is 0.155. The molecule has 8 nitrogen and oxygen atoms in total. The summed E-state index contributed by atoms with van der Waals surface area (Å²) in [5.74, 6) is -0.998. The molecule has 3 saturated heterocycles. The number of imide groups is 1. The molecule has 4 unspecified atom stereocenters. The molecule has 2 bridgehead atoms. The summed E-state index contributed by atoms with van der Waals surface area (Å²) in [7, 11) is 0. The summed E-state index contributed by atoms with van der Waals surface area (Å²) < 4.78 is 5.68. The number of carbonyl (C=O) groups is 3. The van der Waals surface area contributed by atoms with E-state index in [4.69, 9.17) is 10.5 Å². The van der Waals surface area contributed by atoms with Crippen LogP contribution in [0.2, 0.25) is 0 Å². The lowest BCUT2D eigenvalue weighted by atomic mass is 9.81. The molecule has 3 aliphatic rings. The van der Waals surface area contributed by atoms with Crippen LogP contribution in [0, 0.1) is 11.8 Å². The van der Waals surface area contributed by atoms with Gasteiger partial charge in [-0.2, -0.15) is 0 Å². The quantitative estimate of drug-likeness (QED) is 0.760. The fourth-order valence-corrected chi connectivity index (χ4v) is 3.91. The van der Waals surface area contributed by atoms with Gasteiger partial charge in [0.1, 0.15) is 5.82 Å². The second-order valence-corrected chi connectivity index (χ2v) is 6.44. The zero-order chi connectivity index (χ0) is 16.8. The lowest BCUT2D eigenvalue weighted by Crippen LogP contribution is -2.36. The van der Waals surface area contributed by atoms with Gasteiger partial charge in [0.25, 0.3) is 0 Å². The molecule has 3 amide bonds. The van der Waals surface area contributed by atoms with E-state index in [2.05, 4.69) is 10.3 Å². The Morgan fingerprint density at radius 1 is 1.25 bits per heavy atom. The SMILES string of the molecule is Nc1ccc(NC(=O)CCN2C(=O)C3C4CCC(O4)C3C2=O)cn1. The molecule has 4 atom stereocenters. The topological polar surface area (TPSA) is 115 Å². The van der Waals surface area contributed by atoms with Crippen LogP contribution in [-0.4, -0.2) is 46.4 Å². The number of amides is 3. The van der Waals surface area contributed by atoms with E-state index in [0.29, 0.717) is 11.5 Å². The molecule has 24 heavy (non-hydrogen) atoms. The van der Waals surface area contributed by atoms with Crippen molar-refractivity contribution >= 4 is 29.2 Å². The Labute approximate surface area is 138 Å². The first kappa shape index (κ1) is 15.1. The number of ether oxygens (including phenoxy) is 1. The second-order valence-electron chi connectivity index (χ2n) is 6.44. The minimum Gasteiger partial charge on any atom is -0.384 e. The standard InChI is InChI=1S/C16H18N4O4/c17-11-4-1-8(7-18-11)19-12(21)5-6-20-15(22)13-9-2-3-10(24-9)14(13)16(20)23/h1,4,7,9-10,13-14H,2-3,5-6H2,(H2,17,18)(H,19,21). The fraction of sp³-hybridized carbons (Fsp3) is 0.500. The van der Waals surface area contributed by atoms with Crippen LogP contribution in [0.15, 0.2) is 18.3 Å². The number of nitrogens with one attached hydrogen (secondary N) is 1. The van der Waals surface area contributed by atoms with Crippen molar-refractivity contribution in [1.29, 1.82) is 0 Å². The molecule has 8 heteroatoms. The number of aromatic nitrogens is 1. The molecule has 3 fully saturated rings. The van der Waals surface area contributed by atoms with Crippen LogP contribution in [-0.2, 0) is 19.1 Å². The normalized spacial score (nSPS) is 30.8. The number of rotatable bonds is 4. The van der Waals surface area contributed by atoms with Gasteiger partial charge in [-0.1, -0.05) is 0 Å². The Bertz CT molecular complexity index is 677. The van der Waals surface area contributed by atoms with E-state index in [1.165, 1.54) is 11.1 Å². The zero-order valence-electron chi connectivity index (χ0n) is 13.0. The third kappa shape index (κ3) is 2.34. The molecular weight excluding hydrogens is 312 g/mol. The van der Waals surface area contributed by atoms with Crippen molar-refractivity contribution in [3.63, 3.8) is 0 Å². The second kappa shape index (κ2) is 5.55. The summed E-state index contributed by atoms with van der Waals surface area (Å²) in [6.45, 7) is 0.0956. The summed E-state index contributed by atoms with van der Waals surface area (Å²) in [5, 5.41) is 2.67. The maximum Gasteiger partial charge on any atom is 0.235 e. The molecule has 0 aromatic carbocycles. The van der Waals surface area contributed by atoms with Crippen LogP contribution in [0.25, 0.3) is 0 Å².